The molecule has 0 unspecified atom stereocenters. The molecule has 21 heavy (non-hydrogen) atoms. The fourth-order valence-electron chi connectivity index (χ4n) is 2.39. The van der Waals surface area contributed by atoms with Gasteiger partial charge in [0.1, 0.15) is 0 Å². The van der Waals surface area contributed by atoms with Crippen molar-refractivity contribution in [3.8, 4) is 5.75 Å². The number of sulfonamides is 1. The van der Waals surface area contributed by atoms with E-state index in [1.807, 2.05) is 6.92 Å². The molecular formula is C13H20FN3O3S. The summed E-state index contributed by atoms with van der Waals surface area (Å²) in [7, 11) is -2.45. The SMILES string of the molecule is CCN1CCN(S(=O)(=O)c2cc(N)c(OC)c(F)c2)CC1. The van der Waals surface area contributed by atoms with Crippen molar-refractivity contribution in [2.45, 2.75) is 11.8 Å². The Morgan fingerprint density at radius 3 is 2.38 bits per heavy atom. The predicted octanol–water partition coefficient (Wildman–Crippen LogP) is 0.743. The summed E-state index contributed by atoms with van der Waals surface area (Å²) < 4.78 is 45.1. The predicted molar refractivity (Wildman–Crippen MR) is 78.2 cm³/mol. The zero-order chi connectivity index (χ0) is 15.6. The van der Waals surface area contributed by atoms with Crippen LogP contribution in [0, 0.1) is 5.82 Å². The molecule has 118 valence electrons. The number of nitrogens with two attached hydrogens (primary N) is 1. The standard InChI is InChI=1S/C13H20FN3O3S/c1-3-16-4-6-17(7-5-16)21(18,19)10-8-11(14)13(20-2)12(15)9-10/h8-9H,3-7,15H2,1-2H3. The minimum Gasteiger partial charge on any atom is -0.492 e. The summed E-state index contributed by atoms with van der Waals surface area (Å²) in [6, 6.07) is 2.19. The molecule has 8 heteroatoms. The lowest BCUT2D eigenvalue weighted by Crippen LogP contribution is -2.48. The quantitative estimate of drug-likeness (QED) is 0.829. The van der Waals surface area contributed by atoms with Gasteiger partial charge in [-0.1, -0.05) is 6.92 Å². The molecule has 1 aliphatic heterocycles. The van der Waals surface area contributed by atoms with E-state index >= 15 is 0 Å². The molecule has 0 atom stereocenters. The second-order valence-electron chi connectivity index (χ2n) is 4.87. The van der Waals surface area contributed by atoms with E-state index in [1.54, 1.807) is 0 Å². The van der Waals surface area contributed by atoms with Crippen molar-refractivity contribution in [3.05, 3.63) is 17.9 Å². The number of nitrogens with zero attached hydrogens (tertiary/aromatic N) is 2. The van der Waals surface area contributed by atoms with Crippen LogP contribution >= 0.6 is 0 Å². The smallest absolute Gasteiger partial charge is 0.243 e. The van der Waals surface area contributed by atoms with Crippen molar-refractivity contribution in [1.29, 1.82) is 0 Å². The molecule has 1 heterocycles. The molecule has 0 aromatic heterocycles. The average Bonchev–Trinajstić information content (AvgIpc) is 2.47. The molecule has 1 aromatic rings. The first kappa shape index (κ1) is 16.0. The average molecular weight is 317 g/mol. The van der Waals surface area contributed by atoms with Crippen LogP contribution in [0.15, 0.2) is 17.0 Å². The third-order valence-corrected chi connectivity index (χ3v) is 5.54. The molecule has 0 spiro atoms. The van der Waals surface area contributed by atoms with Gasteiger partial charge in [-0.05, 0) is 18.7 Å². The van der Waals surface area contributed by atoms with Crippen LogP contribution in [0.2, 0.25) is 0 Å². The van der Waals surface area contributed by atoms with Crippen LogP contribution in [0.5, 0.6) is 5.75 Å². The largest absolute Gasteiger partial charge is 0.492 e. The van der Waals surface area contributed by atoms with E-state index in [9.17, 15) is 12.8 Å². The van der Waals surface area contributed by atoms with Gasteiger partial charge in [-0.3, -0.25) is 0 Å². The Labute approximate surface area is 124 Å². The lowest BCUT2D eigenvalue weighted by atomic mass is 10.3. The van der Waals surface area contributed by atoms with Gasteiger partial charge >= 0.3 is 0 Å². The molecule has 0 aliphatic carbocycles. The van der Waals surface area contributed by atoms with E-state index in [0.717, 1.165) is 12.6 Å². The summed E-state index contributed by atoms with van der Waals surface area (Å²) in [5.41, 5.74) is 5.62. The highest BCUT2D eigenvalue weighted by Gasteiger charge is 2.29. The van der Waals surface area contributed by atoms with Crippen LogP contribution < -0.4 is 10.5 Å². The highest BCUT2D eigenvalue weighted by atomic mass is 32.2. The Balaban J connectivity index is 2.28. The zero-order valence-corrected chi connectivity index (χ0v) is 13.0. The number of ether oxygens (including phenoxy) is 1. The monoisotopic (exact) mass is 317 g/mol. The number of benzene rings is 1. The summed E-state index contributed by atoms with van der Waals surface area (Å²) in [6.45, 7) is 5.04. The van der Waals surface area contributed by atoms with Crippen molar-refractivity contribution in [1.82, 2.24) is 9.21 Å². The van der Waals surface area contributed by atoms with Crippen LogP contribution in [0.3, 0.4) is 0 Å². The van der Waals surface area contributed by atoms with Gasteiger partial charge in [0.2, 0.25) is 10.0 Å². The molecule has 2 N–H and O–H groups in total. The number of hydrogen-bond acceptors (Lipinski definition) is 5. The first-order valence-corrected chi connectivity index (χ1v) is 8.19. The van der Waals surface area contributed by atoms with Crippen molar-refractivity contribution in [3.63, 3.8) is 0 Å². The molecule has 2 rings (SSSR count). The minimum absolute atomic E-state index is 0.0248. The number of methoxy groups -OCH3 is 1. The third kappa shape index (κ3) is 3.12. The Hall–Kier alpha value is -1.38. The number of hydrogen-bond donors (Lipinski definition) is 1. The Kier molecular flexibility index (Phi) is 4.70. The van der Waals surface area contributed by atoms with Crippen molar-refractivity contribution in [2.24, 2.45) is 0 Å². The van der Waals surface area contributed by atoms with E-state index in [1.165, 1.54) is 17.5 Å². The molecule has 1 saturated heterocycles. The molecule has 0 amide bonds. The van der Waals surface area contributed by atoms with Gasteiger partial charge in [0.05, 0.1) is 17.7 Å². The molecule has 0 bridgehead atoms. The summed E-state index contributed by atoms with van der Waals surface area (Å²) in [4.78, 5) is 2.03. The van der Waals surface area contributed by atoms with E-state index < -0.39 is 15.8 Å². The second-order valence-corrected chi connectivity index (χ2v) is 6.80. The summed E-state index contributed by atoms with van der Waals surface area (Å²) in [6.07, 6.45) is 0. The van der Waals surface area contributed by atoms with E-state index in [0.29, 0.717) is 26.2 Å². The summed E-state index contributed by atoms with van der Waals surface area (Å²) >= 11 is 0. The van der Waals surface area contributed by atoms with Crippen LogP contribution in [0.1, 0.15) is 6.92 Å². The number of likely N-dealkylation sites (N-methyl/N-ethyl adjacent to an activating group) is 1. The molecular weight excluding hydrogens is 297 g/mol. The Morgan fingerprint density at radius 2 is 1.90 bits per heavy atom. The number of piperazine rings is 1. The van der Waals surface area contributed by atoms with Crippen LogP contribution in [-0.4, -0.2) is 57.5 Å². The maximum absolute atomic E-state index is 13.8. The van der Waals surface area contributed by atoms with Crippen LogP contribution in [0.4, 0.5) is 10.1 Å². The minimum atomic E-state index is -3.73. The molecule has 1 aromatic carbocycles. The van der Waals surface area contributed by atoms with Gasteiger partial charge < -0.3 is 15.4 Å². The zero-order valence-electron chi connectivity index (χ0n) is 12.2. The van der Waals surface area contributed by atoms with Crippen molar-refractivity contribution >= 4 is 15.7 Å². The highest BCUT2D eigenvalue weighted by Crippen LogP contribution is 2.30. The third-order valence-electron chi connectivity index (χ3n) is 3.67. The molecule has 0 radical (unpaired) electrons. The first-order valence-electron chi connectivity index (χ1n) is 6.75. The molecule has 0 saturated carbocycles. The Bertz CT molecular complexity index is 590. The van der Waals surface area contributed by atoms with Gasteiger partial charge in [0, 0.05) is 26.2 Å². The highest BCUT2D eigenvalue weighted by molar-refractivity contribution is 7.89. The van der Waals surface area contributed by atoms with E-state index in [-0.39, 0.29) is 16.3 Å². The van der Waals surface area contributed by atoms with Gasteiger partial charge in [0.15, 0.2) is 11.6 Å². The maximum atomic E-state index is 13.8. The lowest BCUT2D eigenvalue weighted by molar-refractivity contribution is 0.196. The Morgan fingerprint density at radius 1 is 1.29 bits per heavy atom. The number of rotatable bonds is 4. The van der Waals surface area contributed by atoms with E-state index in [2.05, 4.69) is 4.90 Å². The van der Waals surface area contributed by atoms with Crippen molar-refractivity contribution < 1.29 is 17.5 Å². The van der Waals surface area contributed by atoms with Crippen LogP contribution in [0.25, 0.3) is 0 Å². The summed E-state index contributed by atoms with van der Waals surface area (Å²) in [5.74, 6) is -0.909. The first-order chi connectivity index (χ1) is 9.90. The molecule has 1 aliphatic rings. The van der Waals surface area contributed by atoms with Gasteiger partial charge in [-0.15, -0.1) is 0 Å². The normalized spacial score (nSPS) is 17.9. The topological polar surface area (TPSA) is 75.9 Å². The number of nitrogen functional groups attached to an aromatic ring is 1. The molecule has 1 fully saturated rings. The lowest BCUT2D eigenvalue weighted by Gasteiger charge is -2.33. The van der Waals surface area contributed by atoms with Gasteiger partial charge in [0.25, 0.3) is 0 Å². The van der Waals surface area contributed by atoms with Gasteiger partial charge in [-0.2, -0.15) is 4.31 Å². The van der Waals surface area contributed by atoms with Crippen molar-refractivity contribution in [2.75, 3.05) is 45.6 Å². The fourth-order valence-corrected chi connectivity index (χ4v) is 3.86. The number of anilines is 1. The number of halogens is 1. The maximum Gasteiger partial charge on any atom is 0.243 e. The van der Waals surface area contributed by atoms with E-state index in [4.69, 9.17) is 10.5 Å². The second kappa shape index (κ2) is 6.17. The van der Waals surface area contributed by atoms with Gasteiger partial charge in [-0.25, -0.2) is 12.8 Å². The molecule has 6 nitrogen and oxygen atoms in total. The van der Waals surface area contributed by atoms with Crippen LogP contribution in [-0.2, 0) is 10.0 Å². The summed E-state index contributed by atoms with van der Waals surface area (Å²) in [5, 5.41) is 0. The fraction of sp³-hybridized carbons (Fsp3) is 0.538.